The normalized spacial score (nSPS) is 23.4. The van der Waals surface area contributed by atoms with Gasteiger partial charge in [-0.05, 0) is 25.1 Å². The number of piperazine rings is 1. The van der Waals surface area contributed by atoms with Crippen molar-refractivity contribution in [3.63, 3.8) is 0 Å². The second-order valence-electron chi connectivity index (χ2n) is 6.36. The van der Waals surface area contributed by atoms with Gasteiger partial charge in [-0.1, -0.05) is 11.6 Å². The van der Waals surface area contributed by atoms with E-state index >= 15 is 0 Å². The van der Waals surface area contributed by atoms with Gasteiger partial charge in [-0.25, -0.2) is 0 Å². The van der Waals surface area contributed by atoms with E-state index in [1.54, 1.807) is 30.2 Å². The monoisotopic (exact) mass is 387 g/mol. The highest BCUT2D eigenvalue weighted by Crippen LogP contribution is 2.35. The van der Waals surface area contributed by atoms with Crippen molar-refractivity contribution in [2.75, 3.05) is 38.2 Å². The van der Waals surface area contributed by atoms with Crippen molar-refractivity contribution in [3.8, 4) is 5.75 Å². The van der Waals surface area contributed by atoms with Crippen LogP contribution in [0, 0.1) is 5.92 Å². The number of rotatable bonds is 3. The van der Waals surface area contributed by atoms with Crippen molar-refractivity contribution in [1.82, 2.24) is 10.2 Å². The fraction of sp³-hybridized carbons (Fsp3) is 0.529. The number of anilines is 1. The summed E-state index contributed by atoms with van der Waals surface area (Å²) in [6.45, 7) is 4.59. The van der Waals surface area contributed by atoms with Gasteiger partial charge in [0.05, 0.1) is 18.7 Å². The van der Waals surface area contributed by atoms with Gasteiger partial charge in [0.15, 0.2) is 0 Å². The summed E-state index contributed by atoms with van der Waals surface area (Å²) in [5.74, 6) is 0.250. The van der Waals surface area contributed by atoms with Gasteiger partial charge in [-0.2, -0.15) is 0 Å². The summed E-state index contributed by atoms with van der Waals surface area (Å²) in [6, 6.07) is 5.44. The summed E-state index contributed by atoms with van der Waals surface area (Å²) in [6.07, 6.45) is 0.229. The van der Waals surface area contributed by atoms with Gasteiger partial charge >= 0.3 is 0 Å². The zero-order valence-electron chi connectivity index (χ0n) is 14.3. The molecule has 25 heavy (non-hydrogen) atoms. The molecule has 2 saturated heterocycles. The maximum atomic E-state index is 12.8. The molecule has 2 fully saturated rings. The second kappa shape index (κ2) is 8.25. The van der Waals surface area contributed by atoms with Crippen LogP contribution in [-0.2, 0) is 9.59 Å². The molecule has 0 aliphatic carbocycles. The number of nitrogens with one attached hydrogen (secondary N) is 1. The molecule has 2 atom stereocenters. The Morgan fingerprint density at radius 1 is 1.36 bits per heavy atom. The Morgan fingerprint density at radius 3 is 2.80 bits per heavy atom. The molecular formula is C17H23Cl2N3O3. The van der Waals surface area contributed by atoms with Gasteiger partial charge in [-0.15, -0.1) is 12.4 Å². The van der Waals surface area contributed by atoms with E-state index in [2.05, 4.69) is 12.2 Å². The zero-order chi connectivity index (χ0) is 17.3. The topological polar surface area (TPSA) is 61.9 Å². The lowest BCUT2D eigenvalue weighted by atomic mass is 10.1. The van der Waals surface area contributed by atoms with Crippen LogP contribution in [0.4, 0.5) is 5.69 Å². The molecule has 0 spiro atoms. The molecule has 6 nitrogen and oxygen atoms in total. The second-order valence-corrected chi connectivity index (χ2v) is 6.80. The van der Waals surface area contributed by atoms with Crippen LogP contribution in [0.2, 0.25) is 5.02 Å². The van der Waals surface area contributed by atoms with Crippen LogP contribution >= 0.6 is 24.0 Å². The molecule has 0 saturated carbocycles. The average molecular weight is 388 g/mol. The first-order valence-corrected chi connectivity index (χ1v) is 8.53. The maximum absolute atomic E-state index is 12.8. The largest absolute Gasteiger partial charge is 0.495 e. The van der Waals surface area contributed by atoms with Crippen LogP contribution in [0.3, 0.4) is 0 Å². The van der Waals surface area contributed by atoms with Crippen LogP contribution in [-0.4, -0.2) is 56.0 Å². The van der Waals surface area contributed by atoms with E-state index < -0.39 is 0 Å². The minimum atomic E-state index is -0.313. The van der Waals surface area contributed by atoms with E-state index in [0.717, 1.165) is 6.54 Å². The Bertz CT molecular complexity index is 656. The lowest BCUT2D eigenvalue weighted by Crippen LogP contribution is -2.53. The standard InChI is InChI=1S/C17H22ClN3O3.ClH/c1-11-9-20(6-5-19-11)17(23)12-7-16(22)21(10-12)14-8-13(18)3-4-15(14)24-2;/h3-4,8,11-12,19H,5-7,9-10H2,1-2H3;1H. The quantitative estimate of drug-likeness (QED) is 0.860. The van der Waals surface area contributed by atoms with Gasteiger partial charge in [0.1, 0.15) is 5.75 Å². The van der Waals surface area contributed by atoms with E-state index in [4.69, 9.17) is 16.3 Å². The smallest absolute Gasteiger partial charge is 0.228 e. The molecule has 1 aromatic rings. The Morgan fingerprint density at radius 2 is 2.12 bits per heavy atom. The van der Waals surface area contributed by atoms with Gasteiger partial charge < -0.3 is 19.9 Å². The van der Waals surface area contributed by atoms with Crippen molar-refractivity contribution in [1.29, 1.82) is 0 Å². The molecule has 1 N–H and O–H groups in total. The summed E-state index contributed by atoms with van der Waals surface area (Å²) in [5, 5.41) is 3.85. The summed E-state index contributed by atoms with van der Waals surface area (Å²) in [4.78, 5) is 28.7. The van der Waals surface area contributed by atoms with E-state index in [-0.39, 0.29) is 42.6 Å². The first-order chi connectivity index (χ1) is 11.5. The van der Waals surface area contributed by atoms with Gasteiger partial charge in [0.2, 0.25) is 11.8 Å². The van der Waals surface area contributed by atoms with Crippen molar-refractivity contribution >= 4 is 41.5 Å². The highest BCUT2D eigenvalue weighted by molar-refractivity contribution is 6.31. The predicted octanol–water partition coefficient (Wildman–Crippen LogP) is 1.94. The zero-order valence-corrected chi connectivity index (χ0v) is 15.9. The number of methoxy groups -OCH3 is 1. The molecule has 2 aliphatic heterocycles. The predicted molar refractivity (Wildman–Crippen MR) is 99.8 cm³/mol. The number of hydrogen-bond donors (Lipinski definition) is 1. The van der Waals surface area contributed by atoms with Crippen LogP contribution in [0.5, 0.6) is 5.75 Å². The summed E-state index contributed by atoms with van der Waals surface area (Å²) >= 11 is 6.06. The molecule has 2 amide bonds. The third-order valence-electron chi connectivity index (χ3n) is 4.59. The highest BCUT2D eigenvalue weighted by Gasteiger charge is 2.38. The van der Waals surface area contributed by atoms with Gasteiger partial charge in [0, 0.05) is 43.7 Å². The molecule has 2 aliphatic rings. The van der Waals surface area contributed by atoms with Crippen LogP contribution in [0.25, 0.3) is 0 Å². The Labute approximate surface area is 158 Å². The molecule has 0 bridgehead atoms. The fourth-order valence-electron chi connectivity index (χ4n) is 3.37. The summed E-state index contributed by atoms with van der Waals surface area (Å²) in [5.41, 5.74) is 0.624. The molecule has 0 aromatic heterocycles. The average Bonchev–Trinajstić information content (AvgIpc) is 2.95. The van der Waals surface area contributed by atoms with Crippen LogP contribution in [0.15, 0.2) is 18.2 Å². The first kappa shape index (κ1) is 19.8. The van der Waals surface area contributed by atoms with Crippen molar-refractivity contribution in [2.24, 2.45) is 5.92 Å². The van der Waals surface area contributed by atoms with Crippen LogP contribution in [0.1, 0.15) is 13.3 Å². The molecule has 1 aromatic carbocycles. The Kier molecular flexibility index (Phi) is 6.54. The minimum Gasteiger partial charge on any atom is -0.495 e. The van der Waals surface area contributed by atoms with E-state index in [1.165, 1.54) is 0 Å². The molecule has 8 heteroatoms. The van der Waals surface area contributed by atoms with Crippen molar-refractivity contribution in [2.45, 2.75) is 19.4 Å². The number of amides is 2. The molecule has 2 heterocycles. The van der Waals surface area contributed by atoms with E-state index in [0.29, 0.717) is 36.1 Å². The van der Waals surface area contributed by atoms with Crippen molar-refractivity contribution < 1.29 is 14.3 Å². The molecular weight excluding hydrogens is 365 g/mol. The number of hydrogen-bond acceptors (Lipinski definition) is 4. The third-order valence-corrected chi connectivity index (χ3v) is 4.82. The Balaban J connectivity index is 0.00000225. The van der Waals surface area contributed by atoms with Crippen LogP contribution < -0.4 is 15.0 Å². The summed E-state index contributed by atoms with van der Waals surface area (Å²) in [7, 11) is 1.55. The molecule has 0 radical (unpaired) electrons. The van der Waals surface area contributed by atoms with Gasteiger partial charge in [0.25, 0.3) is 0 Å². The number of benzene rings is 1. The SMILES string of the molecule is COc1ccc(Cl)cc1N1CC(C(=O)N2CCNC(C)C2)CC1=O.Cl. The van der Waals surface area contributed by atoms with Crippen molar-refractivity contribution in [3.05, 3.63) is 23.2 Å². The third kappa shape index (κ3) is 4.19. The number of nitrogens with zero attached hydrogens (tertiary/aromatic N) is 2. The molecule has 138 valence electrons. The number of carbonyl (C=O) groups is 2. The minimum absolute atomic E-state index is 0. The summed E-state index contributed by atoms with van der Waals surface area (Å²) < 4.78 is 5.33. The van der Waals surface area contributed by atoms with E-state index in [1.807, 2.05) is 4.90 Å². The maximum Gasteiger partial charge on any atom is 0.228 e. The Hall–Kier alpha value is -1.50. The number of halogens is 2. The van der Waals surface area contributed by atoms with Gasteiger partial charge in [-0.3, -0.25) is 9.59 Å². The molecule has 3 rings (SSSR count). The lowest BCUT2D eigenvalue weighted by Gasteiger charge is -2.33. The lowest BCUT2D eigenvalue weighted by molar-refractivity contribution is -0.136. The highest BCUT2D eigenvalue weighted by atomic mass is 35.5. The fourth-order valence-corrected chi connectivity index (χ4v) is 3.54. The number of ether oxygens (including phenoxy) is 1. The number of carbonyl (C=O) groups excluding carboxylic acids is 2. The first-order valence-electron chi connectivity index (χ1n) is 8.15. The molecule has 2 unspecified atom stereocenters. The van der Waals surface area contributed by atoms with E-state index in [9.17, 15) is 9.59 Å².